The molecule has 0 spiro atoms. The van der Waals surface area contributed by atoms with Gasteiger partial charge in [-0.05, 0) is 55.9 Å². The predicted octanol–water partition coefficient (Wildman–Crippen LogP) is 4.47. The zero-order chi connectivity index (χ0) is 25.2. The summed E-state index contributed by atoms with van der Waals surface area (Å²) < 4.78 is 21.6. The van der Waals surface area contributed by atoms with E-state index in [1.807, 2.05) is 36.1 Å². The van der Waals surface area contributed by atoms with Gasteiger partial charge in [0.2, 0.25) is 0 Å². The van der Waals surface area contributed by atoms with Crippen LogP contribution < -0.4 is 0 Å². The third-order valence-electron chi connectivity index (χ3n) is 7.20. The molecule has 2 aromatic carbocycles. The molecule has 36 heavy (non-hydrogen) atoms. The molecular formula is C28H32ClFN4O2. The third-order valence-corrected chi connectivity index (χ3v) is 7.46. The monoisotopic (exact) mass is 510 g/mol. The molecule has 190 valence electrons. The Morgan fingerprint density at radius 3 is 2.22 bits per heavy atom. The Morgan fingerprint density at radius 1 is 0.944 bits per heavy atom. The number of hydrogen-bond acceptors (Lipinski definition) is 4. The lowest BCUT2D eigenvalue weighted by Crippen LogP contribution is -2.47. The van der Waals surface area contributed by atoms with Gasteiger partial charge in [-0.2, -0.15) is 0 Å². The highest BCUT2D eigenvalue weighted by molar-refractivity contribution is 6.30. The maximum atomic E-state index is 14.1. The minimum Gasteiger partial charge on any atom is -0.379 e. The minimum atomic E-state index is -0.287. The topological polar surface area (TPSA) is 41.0 Å². The number of nitrogens with zero attached hydrogens (tertiary/aromatic N) is 4. The molecule has 0 radical (unpaired) electrons. The van der Waals surface area contributed by atoms with Gasteiger partial charge < -0.3 is 19.1 Å². The number of hydrogen-bond donors (Lipinski definition) is 0. The highest BCUT2D eigenvalue weighted by Gasteiger charge is 2.31. The Labute approximate surface area is 216 Å². The molecule has 2 aliphatic heterocycles. The molecule has 1 amide bonds. The first-order valence-electron chi connectivity index (χ1n) is 12.5. The number of carbonyl (C=O) groups is 1. The number of likely N-dealkylation sites (N-methyl/N-ethyl adjacent to an activating group) is 1. The van der Waals surface area contributed by atoms with Crippen molar-refractivity contribution < 1.29 is 13.9 Å². The van der Waals surface area contributed by atoms with Crippen LogP contribution in [-0.4, -0.2) is 84.7 Å². The van der Waals surface area contributed by atoms with Crippen LogP contribution in [0.1, 0.15) is 21.7 Å². The van der Waals surface area contributed by atoms with Crippen molar-refractivity contribution in [2.75, 3.05) is 59.5 Å². The van der Waals surface area contributed by atoms with E-state index in [-0.39, 0.29) is 11.7 Å². The van der Waals surface area contributed by atoms with Crippen LogP contribution in [-0.2, 0) is 11.3 Å². The maximum Gasteiger partial charge on any atom is 0.256 e. The SMILES string of the molecule is Cc1c(C(=O)N2CCN(C)CC2)c(-c2ccc(Cl)cc2)c(CN2CCOCC2)n1-c1ccc(F)cc1. The molecular weight excluding hydrogens is 479 g/mol. The summed E-state index contributed by atoms with van der Waals surface area (Å²) in [5.41, 5.74) is 5.28. The fourth-order valence-corrected chi connectivity index (χ4v) is 5.29. The van der Waals surface area contributed by atoms with E-state index in [0.717, 1.165) is 54.4 Å². The molecule has 8 heteroatoms. The number of amides is 1. The molecule has 0 N–H and O–H groups in total. The smallest absolute Gasteiger partial charge is 0.256 e. The molecule has 2 saturated heterocycles. The van der Waals surface area contributed by atoms with E-state index < -0.39 is 0 Å². The van der Waals surface area contributed by atoms with Gasteiger partial charge in [-0.25, -0.2) is 4.39 Å². The van der Waals surface area contributed by atoms with Crippen molar-refractivity contribution in [3.05, 3.63) is 76.3 Å². The Morgan fingerprint density at radius 2 is 1.58 bits per heavy atom. The number of halogens is 2. The summed E-state index contributed by atoms with van der Waals surface area (Å²) >= 11 is 6.24. The van der Waals surface area contributed by atoms with Crippen molar-refractivity contribution >= 4 is 17.5 Å². The minimum absolute atomic E-state index is 0.0367. The van der Waals surface area contributed by atoms with Gasteiger partial charge in [-0.1, -0.05) is 23.7 Å². The summed E-state index contributed by atoms with van der Waals surface area (Å²) in [7, 11) is 2.08. The lowest BCUT2D eigenvalue weighted by molar-refractivity contribution is 0.0335. The molecule has 5 rings (SSSR count). The van der Waals surface area contributed by atoms with E-state index in [9.17, 15) is 9.18 Å². The van der Waals surface area contributed by atoms with Crippen molar-refractivity contribution in [2.45, 2.75) is 13.5 Å². The first kappa shape index (κ1) is 25.0. The van der Waals surface area contributed by atoms with E-state index in [2.05, 4.69) is 21.4 Å². The lowest BCUT2D eigenvalue weighted by Gasteiger charge is -2.32. The van der Waals surface area contributed by atoms with Crippen molar-refractivity contribution in [2.24, 2.45) is 0 Å². The highest BCUT2D eigenvalue weighted by atomic mass is 35.5. The zero-order valence-electron chi connectivity index (χ0n) is 20.8. The van der Waals surface area contributed by atoms with Crippen LogP contribution in [0.2, 0.25) is 5.02 Å². The molecule has 1 aromatic heterocycles. The summed E-state index contributed by atoms with van der Waals surface area (Å²) in [6.45, 7) is 8.71. The summed E-state index contributed by atoms with van der Waals surface area (Å²) in [5, 5.41) is 0.648. The second-order valence-corrected chi connectivity index (χ2v) is 10.0. The van der Waals surface area contributed by atoms with Crippen LogP contribution in [0.25, 0.3) is 16.8 Å². The van der Waals surface area contributed by atoms with Gasteiger partial charge in [0.15, 0.2) is 0 Å². The van der Waals surface area contributed by atoms with Gasteiger partial charge in [0.05, 0.1) is 18.8 Å². The van der Waals surface area contributed by atoms with Crippen molar-refractivity contribution in [1.29, 1.82) is 0 Å². The van der Waals surface area contributed by atoms with Crippen LogP contribution in [0.4, 0.5) is 4.39 Å². The quantitative estimate of drug-likeness (QED) is 0.508. The average Bonchev–Trinajstić information content (AvgIpc) is 3.17. The number of ether oxygens (including phenoxy) is 1. The van der Waals surface area contributed by atoms with Crippen LogP contribution >= 0.6 is 11.6 Å². The van der Waals surface area contributed by atoms with Gasteiger partial charge in [-0.3, -0.25) is 9.69 Å². The molecule has 0 bridgehead atoms. The maximum absolute atomic E-state index is 14.1. The molecule has 2 fully saturated rings. The van der Waals surface area contributed by atoms with Crippen molar-refractivity contribution in [3.63, 3.8) is 0 Å². The lowest BCUT2D eigenvalue weighted by atomic mass is 9.98. The van der Waals surface area contributed by atoms with Gasteiger partial charge in [0.25, 0.3) is 5.91 Å². The molecule has 2 aliphatic rings. The van der Waals surface area contributed by atoms with Gasteiger partial charge >= 0.3 is 0 Å². The first-order valence-corrected chi connectivity index (χ1v) is 12.8. The van der Waals surface area contributed by atoms with Gasteiger partial charge in [0, 0.05) is 73.5 Å². The molecule has 3 heterocycles. The molecule has 0 unspecified atom stereocenters. The van der Waals surface area contributed by atoms with Crippen molar-refractivity contribution in [3.8, 4) is 16.8 Å². The number of rotatable bonds is 5. The second kappa shape index (κ2) is 10.7. The fourth-order valence-electron chi connectivity index (χ4n) is 5.17. The van der Waals surface area contributed by atoms with Crippen LogP contribution in [0.15, 0.2) is 48.5 Å². The highest BCUT2D eigenvalue weighted by Crippen LogP contribution is 2.37. The zero-order valence-corrected chi connectivity index (χ0v) is 21.6. The molecule has 0 aliphatic carbocycles. The Kier molecular flexibility index (Phi) is 7.44. The van der Waals surface area contributed by atoms with Gasteiger partial charge in [-0.15, -0.1) is 0 Å². The van der Waals surface area contributed by atoms with E-state index in [1.54, 1.807) is 12.1 Å². The molecule has 0 saturated carbocycles. The van der Waals surface area contributed by atoms with E-state index >= 15 is 0 Å². The summed E-state index contributed by atoms with van der Waals surface area (Å²) in [5.74, 6) is -0.250. The number of benzene rings is 2. The van der Waals surface area contributed by atoms with E-state index in [1.165, 1.54) is 12.1 Å². The molecule has 0 atom stereocenters. The third kappa shape index (κ3) is 5.06. The van der Waals surface area contributed by atoms with Crippen LogP contribution in [0.3, 0.4) is 0 Å². The Hall–Kier alpha value is -2.71. The predicted molar refractivity (Wildman–Crippen MR) is 140 cm³/mol. The number of morpholine rings is 1. The van der Waals surface area contributed by atoms with Crippen LogP contribution in [0.5, 0.6) is 0 Å². The van der Waals surface area contributed by atoms with Crippen LogP contribution in [0, 0.1) is 12.7 Å². The van der Waals surface area contributed by atoms with Crippen molar-refractivity contribution in [1.82, 2.24) is 19.3 Å². The largest absolute Gasteiger partial charge is 0.379 e. The Balaban J connectivity index is 1.70. The fraction of sp³-hybridized carbons (Fsp3) is 0.393. The van der Waals surface area contributed by atoms with E-state index in [0.29, 0.717) is 43.4 Å². The molecule has 3 aromatic rings. The normalized spacial score (nSPS) is 17.5. The second-order valence-electron chi connectivity index (χ2n) is 9.58. The Bertz CT molecular complexity index is 1210. The van der Waals surface area contributed by atoms with E-state index in [4.69, 9.17) is 16.3 Å². The summed E-state index contributed by atoms with van der Waals surface area (Å²) in [6, 6.07) is 14.2. The molecule has 6 nitrogen and oxygen atoms in total. The number of piperazine rings is 1. The number of carbonyl (C=O) groups excluding carboxylic acids is 1. The standard InChI is InChI=1S/C28H32ClFN4O2/c1-20-26(28(35)33-13-11-31(2)12-14-33)27(21-3-5-22(29)6-4-21)25(19-32-15-17-36-18-16-32)34(20)24-9-7-23(30)8-10-24/h3-10H,11-19H2,1-2H3. The average molecular weight is 511 g/mol. The first-order chi connectivity index (χ1) is 17.4. The summed E-state index contributed by atoms with van der Waals surface area (Å²) in [6.07, 6.45) is 0. The number of aromatic nitrogens is 1. The summed E-state index contributed by atoms with van der Waals surface area (Å²) in [4.78, 5) is 20.6. The van der Waals surface area contributed by atoms with Gasteiger partial charge in [0.1, 0.15) is 5.82 Å².